The molecule has 0 radical (unpaired) electrons. The Morgan fingerprint density at radius 2 is 1.94 bits per heavy atom. The van der Waals surface area contributed by atoms with Crippen LogP contribution in [0.3, 0.4) is 0 Å². The quantitative estimate of drug-likeness (QED) is 0.799. The maximum absolute atomic E-state index is 7.13. The molecule has 1 aliphatic heterocycles. The summed E-state index contributed by atoms with van der Waals surface area (Å²) in [7, 11) is 0. The van der Waals surface area contributed by atoms with Crippen LogP contribution < -0.4 is 4.90 Å². The van der Waals surface area contributed by atoms with Gasteiger partial charge in [0.05, 0.1) is 25.5 Å². The van der Waals surface area contributed by atoms with Crippen LogP contribution in [-0.4, -0.2) is 19.9 Å². The molecule has 0 amide bonds. The van der Waals surface area contributed by atoms with Gasteiger partial charge in [-0.1, -0.05) is 15.9 Å². The zero-order chi connectivity index (χ0) is 13.0. The number of rotatable bonds is 3. The lowest BCUT2D eigenvalue weighted by Crippen LogP contribution is -2.23. The molecule has 5 heteroatoms. The molecule has 1 aromatic rings. The van der Waals surface area contributed by atoms with Crippen LogP contribution in [-0.2, 0) is 4.74 Å². The smallest absolute Gasteiger partial charge is 0.292 e. The van der Waals surface area contributed by atoms with Gasteiger partial charge in [-0.05, 0) is 24.3 Å². The van der Waals surface area contributed by atoms with Crippen molar-refractivity contribution in [3.63, 3.8) is 0 Å². The lowest BCUT2D eigenvalue weighted by atomic mass is 10.2. The number of nitrogens with zero attached hydrogens (tertiary/aromatic N) is 3. The van der Waals surface area contributed by atoms with Gasteiger partial charge in [-0.25, -0.2) is 11.4 Å². The van der Waals surface area contributed by atoms with E-state index in [1.807, 2.05) is 29.2 Å². The van der Waals surface area contributed by atoms with Gasteiger partial charge < -0.3 is 4.74 Å². The third-order valence-corrected chi connectivity index (χ3v) is 3.15. The Balaban J connectivity index is 2.38. The maximum atomic E-state index is 7.13. The lowest BCUT2D eigenvalue weighted by molar-refractivity contribution is 0.204. The molecule has 0 bridgehead atoms. The zero-order valence-electron chi connectivity index (χ0n) is 9.56. The average Bonchev–Trinajstić information content (AvgIpc) is 2.85. The summed E-state index contributed by atoms with van der Waals surface area (Å²) in [4.78, 5) is 8.72. The highest BCUT2D eigenvalue weighted by Crippen LogP contribution is 2.27. The number of hydrogen-bond acceptors (Lipinski definition) is 2. The Morgan fingerprint density at radius 3 is 2.56 bits per heavy atom. The monoisotopic (exact) mass is 303 g/mol. The van der Waals surface area contributed by atoms with E-state index in [-0.39, 0.29) is 6.67 Å². The summed E-state index contributed by atoms with van der Waals surface area (Å²) in [5.74, 6) is 0. The van der Waals surface area contributed by atoms with Gasteiger partial charge in [-0.3, -0.25) is 9.74 Å². The molecular formula is C13H10BrN3O. The fourth-order valence-corrected chi connectivity index (χ4v) is 2.02. The number of hydrogen-bond donors (Lipinski definition) is 0. The Kier molecular flexibility index (Phi) is 3.99. The first-order valence-electron chi connectivity index (χ1n) is 5.30. The minimum Gasteiger partial charge on any atom is -0.383 e. The van der Waals surface area contributed by atoms with Crippen molar-refractivity contribution in [3.05, 3.63) is 63.0 Å². The Labute approximate surface area is 114 Å². The van der Waals surface area contributed by atoms with E-state index in [4.69, 9.17) is 17.9 Å². The van der Waals surface area contributed by atoms with Crippen molar-refractivity contribution in [3.8, 4) is 0 Å². The second-order valence-electron chi connectivity index (χ2n) is 3.70. The first-order valence-corrected chi connectivity index (χ1v) is 6.09. The van der Waals surface area contributed by atoms with Crippen LogP contribution in [0, 0.1) is 13.1 Å². The highest BCUT2D eigenvalue weighted by atomic mass is 79.9. The number of anilines is 1. The highest BCUT2D eigenvalue weighted by molar-refractivity contribution is 9.10. The third kappa shape index (κ3) is 2.53. The average molecular weight is 304 g/mol. The molecule has 0 saturated heterocycles. The van der Waals surface area contributed by atoms with Crippen molar-refractivity contribution in [1.82, 2.24) is 0 Å². The van der Waals surface area contributed by atoms with Gasteiger partial charge >= 0.3 is 0 Å². The van der Waals surface area contributed by atoms with E-state index in [2.05, 4.69) is 25.6 Å². The molecule has 0 fully saturated rings. The molecule has 4 nitrogen and oxygen atoms in total. The van der Waals surface area contributed by atoms with Gasteiger partial charge in [-0.15, -0.1) is 0 Å². The van der Waals surface area contributed by atoms with E-state index in [9.17, 15) is 0 Å². The maximum Gasteiger partial charge on any atom is 0.292 e. The Morgan fingerprint density at radius 1 is 1.22 bits per heavy atom. The standard InChI is InChI=1S/C13H10BrN3O/c1-15-9-17(11-5-3-10(14)4-6-11)13-8-18-7-12(13)16-2/h3-6H,7-9H2. The lowest BCUT2D eigenvalue weighted by Gasteiger charge is -2.20. The van der Waals surface area contributed by atoms with Gasteiger partial charge in [0.15, 0.2) is 0 Å². The largest absolute Gasteiger partial charge is 0.383 e. The SMILES string of the molecule is [C-]#[N+]CN(C1=C([N+]#[C-])COC1)c1ccc(Br)cc1. The molecule has 18 heavy (non-hydrogen) atoms. The van der Waals surface area contributed by atoms with Crippen molar-refractivity contribution in [2.75, 3.05) is 24.8 Å². The van der Waals surface area contributed by atoms with E-state index in [1.165, 1.54) is 0 Å². The molecule has 1 aliphatic rings. The summed E-state index contributed by atoms with van der Waals surface area (Å²) in [5.41, 5.74) is 2.28. The fourth-order valence-electron chi connectivity index (χ4n) is 1.76. The molecule has 2 rings (SSSR count). The summed E-state index contributed by atoms with van der Waals surface area (Å²) >= 11 is 3.38. The van der Waals surface area contributed by atoms with Crippen molar-refractivity contribution in [2.24, 2.45) is 0 Å². The van der Waals surface area contributed by atoms with Gasteiger partial charge in [0, 0.05) is 10.2 Å². The molecule has 0 spiro atoms. The van der Waals surface area contributed by atoms with E-state index in [1.54, 1.807) is 0 Å². The van der Waals surface area contributed by atoms with Crippen LogP contribution in [0.1, 0.15) is 0 Å². The molecule has 0 aromatic heterocycles. The molecule has 0 saturated carbocycles. The zero-order valence-corrected chi connectivity index (χ0v) is 11.1. The third-order valence-electron chi connectivity index (χ3n) is 2.62. The van der Waals surface area contributed by atoms with Crippen LogP contribution >= 0.6 is 15.9 Å². The second kappa shape index (κ2) is 5.68. The summed E-state index contributed by atoms with van der Waals surface area (Å²) in [6.45, 7) is 15.1. The topological polar surface area (TPSA) is 21.2 Å². The number of halogens is 1. The molecule has 1 heterocycles. The minimum atomic E-state index is 0.194. The van der Waals surface area contributed by atoms with Gasteiger partial charge in [0.1, 0.15) is 0 Å². The highest BCUT2D eigenvalue weighted by Gasteiger charge is 2.23. The Hall–Kier alpha value is -1.82. The van der Waals surface area contributed by atoms with Crippen LogP contribution in [0.2, 0.25) is 0 Å². The van der Waals surface area contributed by atoms with Crippen molar-refractivity contribution in [1.29, 1.82) is 0 Å². The van der Waals surface area contributed by atoms with Crippen LogP contribution in [0.4, 0.5) is 5.69 Å². The number of ether oxygens (including phenoxy) is 1. The summed E-state index contributed by atoms with van der Waals surface area (Å²) in [6, 6.07) is 7.67. The van der Waals surface area contributed by atoms with Crippen LogP contribution in [0.5, 0.6) is 0 Å². The molecular weight excluding hydrogens is 294 g/mol. The summed E-state index contributed by atoms with van der Waals surface area (Å²) in [5, 5.41) is 0. The molecule has 1 aromatic carbocycles. The number of benzene rings is 1. The predicted octanol–water partition coefficient (Wildman–Crippen LogP) is 3.29. The first kappa shape index (κ1) is 12.6. The van der Waals surface area contributed by atoms with E-state index < -0.39 is 0 Å². The molecule has 0 N–H and O–H groups in total. The second-order valence-corrected chi connectivity index (χ2v) is 4.62. The van der Waals surface area contributed by atoms with Crippen molar-refractivity contribution in [2.45, 2.75) is 0 Å². The normalized spacial score (nSPS) is 14.2. The minimum absolute atomic E-state index is 0.194. The van der Waals surface area contributed by atoms with E-state index >= 15 is 0 Å². The van der Waals surface area contributed by atoms with E-state index in [0.717, 1.165) is 15.9 Å². The fraction of sp³-hybridized carbons (Fsp3) is 0.231. The Bertz CT molecular complexity index is 551. The van der Waals surface area contributed by atoms with Crippen molar-refractivity contribution < 1.29 is 4.74 Å². The predicted molar refractivity (Wildman–Crippen MR) is 72.5 cm³/mol. The molecule has 0 unspecified atom stereocenters. The van der Waals surface area contributed by atoms with Gasteiger partial charge in [-0.2, -0.15) is 0 Å². The van der Waals surface area contributed by atoms with Gasteiger partial charge in [0.2, 0.25) is 5.70 Å². The molecule has 0 atom stereocenters. The molecule has 0 aliphatic carbocycles. The summed E-state index contributed by atoms with van der Waals surface area (Å²) in [6.07, 6.45) is 0. The summed E-state index contributed by atoms with van der Waals surface area (Å²) < 4.78 is 6.27. The first-order chi connectivity index (χ1) is 8.76. The van der Waals surface area contributed by atoms with Gasteiger partial charge in [0.25, 0.3) is 6.67 Å². The van der Waals surface area contributed by atoms with Crippen LogP contribution in [0.25, 0.3) is 9.69 Å². The molecule has 90 valence electrons. The van der Waals surface area contributed by atoms with Crippen LogP contribution in [0.15, 0.2) is 40.1 Å². The van der Waals surface area contributed by atoms with E-state index in [0.29, 0.717) is 18.9 Å². The van der Waals surface area contributed by atoms with Crippen molar-refractivity contribution >= 4 is 21.6 Å².